The van der Waals surface area contributed by atoms with E-state index in [1.807, 2.05) is 6.08 Å². The molecule has 4 aromatic rings. The van der Waals surface area contributed by atoms with Gasteiger partial charge in [0.05, 0.1) is 17.5 Å². The van der Waals surface area contributed by atoms with Crippen molar-refractivity contribution in [2.75, 3.05) is 7.11 Å². The van der Waals surface area contributed by atoms with Crippen LogP contribution >= 0.6 is 11.3 Å². The van der Waals surface area contributed by atoms with Crippen LogP contribution in [-0.4, -0.2) is 39.1 Å². The zero-order chi connectivity index (χ0) is 30.2. The van der Waals surface area contributed by atoms with Gasteiger partial charge in [0.2, 0.25) is 10.0 Å². The molecule has 0 aliphatic heterocycles. The summed E-state index contributed by atoms with van der Waals surface area (Å²) in [6, 6.07) is 9.39. The van der Waals surface area contributed by atoms with Gasteiger partial charge in [0.25, 0.3) is 0 Å². The van der Waals surface area contributed by atoms with Crippen molar-refractivity contribution in [3.05, 3.63) is 87.6 Å². The van der Waals surface area contributed by atoms with Crippen LogP contribution in [0, 0.1) is 17.6 Å². The van der Waals surface area contributed by atoms with E-state index < -0.39 is 22.8 Å². The van der Waals surface area contributed by atoms with E-state index in [2.05, 4.69) is 4.98 Å². The number of aromatic carboxylic acids is 1. The quantitative estimate of drug-likeness (QED) is 0.164. The number of allylic oxidation sites excluding steroid dienone is 1. The van der Waals surface area contributed by atoms with Gasteiger partial charge in [-0.1, -0.05) is 16.4 Å². The molecule has 0 spiro atoms. The van der Waals surface area contributed by atoms with Gasteiger partial charge >= 0.3 is 5.97 Å². The summed E-state index contributed by atoms with van der Waals surface area (Å²) < 4.78 is 49.0. The first-order chi connectivity index (χ1) is 20.7. The van der Waals surface area contributed by atoms with Crippen LogP contribution in [0.2, 0.25) is 0 Å². The molecule has 1 saturated carbocycles. The molecule has 2 aromatic heterocycles. The Labute approximate surface area is 253 Å². The van der Waals surface area contributed by atoms with Crippen molar-refractivity contribution in [3.63, 3.8) is 0 Å². The number of carbonyl (C=O) groups is 1. The maximum Gasteiger partial charge on any atom is 0.355 e. The number of ether oxygens (including phenoxy) is 1. The molecule has 1 fully saturated rings. The van der Waals surface area contributed by atoms with Crippen molar-refractivity contribution in [2.24, 2.45) is 11.1 Å². The maximum absolute atomic E-state index is 15.2. The number of nitrogens with zero attached hydrogens (tertiary/aromatic N) is 3. The van der Waals surface area contributed by atoms with Gasteiger partial charge in [-0.05, 0) is 85.9 Å². The lowest BCUT2D eigenvalue weighted by molar-refractivity contribution is 0.0691. The first-order valence-electron chi connectivity index (χ1n) is 14.0. The molecule has 2 heterocycles. The van der Waals surface area contributed by atoms with E-state index in [0.29, 0.717) is 52.7 Å². The number of hydrogen-bond acceptors (Lipinski definition) is 6. The third-order valence-electron chi connectivity index (χ3n) is 8.07. The van der Waals surface area contributed by atoms with Crippen LogP contribution in [0.4, 0.5) is 8.78 Å². The van der Waals surface area contributed by atoms with Gasteiger partial charge in [-0.2, -0.15) is 5.10 Å². The number of hydrogen-bond donors (Lipinski definition) is 2. The third kappa shape index (κ3) is 6.23. The predicted molar refractivity (Wildman–Crippen MR) is 162 cm³/mol. The van der Waals surface area contributed by atoms with Crippen molar-refractivity contribution < 1.29 is 27.6 Å². The Morgan fingerprint density at radius 3 is 2.63 bits per heavy atom. The first-order valence-corrected chi connectivity index (χ1v) is 16.2. The highest BCUT2D eigenvalue weighted by Gasteiger charge is 2.30. The highest BCUT2D eigenvalue weighted by Crippen LogP contribution is 2.39. The van der Waals surface area contributed by atoms with E-state index >= 15 is 4.39 Å². The molecule has 6 rings (SSSR count). The summed E-state index contributed by atoms with van der Waals surface area (Å²) in [6.07, 6.45) is 7.39. The minimum atomic E-state index is -2.33. The molecule has 2 unspecified atom stereocenters. The van der Waals surface area contributed by atoms with Crippen molar-refractivity contribution >= 4 is 33.9 Å². The number of methoxy groups -OCH3 is 1. The molecule has 2 aromatic carbocycles. The van der Waals surface area contributed by atoms with Gasteiger partial charge in [-0.25, -0.2) is 23.2 Å². The van der Waals surface area contributed by atoms with E-state index in [1.54, 1.807) is 30.0 Å². The summed E-state index contributed by atoms with van der Waals surface area (Å²) in [5.74, 6) is -1.67. The number of thiol groups is 1. The number of nitrogens with two attached hydrogens (primary N) is 1. The summed E-state index contributed by atoms with van der Waals surface area (Å²) in [6.45, 7) is 0. The number of benzene rings is 2. The van der Waals surface area contributed by atoms with Crippen LogP contribution in [0.1, 0.15) is 65.0 Å². The highest BCUT2D eigenvalue weighted by molar-refractivity contribution is 7.82. The van der Waals surface area contributed by atoms with Crippen molar-refractivity contribution in [1.82, 2.24) is 14.8 Å². The molecule has 2 aliphatic carbocycles. The molecule has 0 bridgehead atoms. The largest absolute Gasteiger partial charge is 0.476 e. The minimum absolute atomic E-state index is 0.0449. The van der Waals surface area contributed by atoms with Gasteiger partial charge in [0.15, 0.2) is 22.5 Å². The van der Waals surface area contributed by atoms with Gasteiger partial charge in [-0.3, -0.25) is 0 Å². The maximum atomic E-state index is 15.2. The number of thiazole rings is 1. The smallest absolute Gasteiger partial charge is 0.355 e. The molecule has 224 valence electrons. The highest BCUT2D eigenvalue weighted by atomic mass is 32.2. The Morgan fingerprint density at radius 2 is 2.00 bits per heavy atom. The molecule has 12 heteroatoms. The summed E-state index contributed by atoms with van der Waals surface area (Å²) in [5.41, 5.74) is 4.91. The summed E-state index contributed by atoms with van der Waals surface area (Å²) >= 11 is 1.18. The van der Waals surface area contributed by atoms with Crippen LogP contribution in [-0.2, 0) is 32.8 Å². The lowest BCUT2D eigenvalue weighted by Crippen LogP contribution is -2.13. The molecule has 0 radical (unpaired) electrons. The van der Waals surface area contributed by atoms with Crippen LogP contribution in [0.3, 0.4) is 0 Å². The second-order valence-corrected chi connectivity index (χ2v) is 13.0. The topological polar surface area (TPSA) is 120 Å². The summed E-state index contributed by atoms with van der Waals surface area (Å²) in [7, 11) is -0.652. The average Bonchev–Trinajstić information content (AvgIpc) is 3.55. The lowest BCUT2D eigenvalue weighted by Gasteiger charge is -2.21. The standard InChI is InChI=1S/C31H30F2N4O4S2/c1-41-21-8-5-19(6-9-21)22-15-20(7-10-24(22)32)29-23(12-18-4-11-28(43(34)40)25(33)13-18)27(14-17-2-3-17)37(36-29)31-35-26(16-42-31)30(38)39/h4-5,7,10-11,13,15-17,21H,2-3,6,8-9,12,14H2,1H3,(H2,34,40)(H,38,39)/p+1. The first kappa shape index (κ1) is 29.5. The number of carboxylic acid groups (broad SMARTS) is 1. The third-order valence-corrected chi connectivity index (χ3v) is 9.73. The second-order valence-electron chi connectivity index (χ2n) is 11.0. The van der Waals surface area contributed by atoms with Crippen molar-refractivity contribution in [2.45, 2.75) is 55.9 Å². The molecule has 0 amide bonds. The number of halogens is 2. The molecule has 43 heavy (non-hydrogen) atoms. The molecule has 0 saturated heterocycles. The molecule has 3 N–H and O–H groups in total. The monoisotopic (exact) mass is 625 g/mol. The van der Waals surface area contributed by atoms with E-state index in [1.165, 1.54) is 34.9 Å². The normalized spacial score (nSPS) is 17.6. The zero-order valence-corrected chi connectivity index (χ0v) is 25.1. The molecule has 2 aliphatic rings. The van der Waals surface area contributed by atoms with Gasteiger partial charge < -0.3 is 9.84 Å². The lowest BCUT2D eigenvalue weighted by atomic mass is 9.89. The summed E-state index contributed by atoms with van der Waals surface area (Å²) in [5, 5.41) is 21.8. The molecule has 8 nitrogen and oxygen atoms in total. The van der Waals surface area contributed by atoms with Crippen LogP contribution in [0.25, 0.3) is 22.0 Å². The van der Waals surface area contributed by atoms with Gasteiger partial charge in [0, 0.05) is 35.6 Å². The summed E-state index contributed by atoms with van der Waals surface area (Å²) in [4.78, 5) is 15.9. The zero-order valence-electron chi connectivity index (χ0n) is 23.4. The average molecular weight is 626 g/mol. The van der Waals surface area contributed by atoms with Crippen molar-refractivity contribution in [3.8, 4) is 16.4 Å². The van der Waals surface area contributed by atoms with Gasteiger partial charge in [0.1, 0.15) is 5.82 Å². The van der Waals surface area contributed by atoms with E-state index in [0.717, 1.165) is 36.1 Å². The van der Waals surface area contributed by atoms with Crippen molar-refractivity contribution in [1.29, 1.82) is 0 Å². The Balaban J connectivity index is 1.50. The molecular formula is C31H31F2N4O4S2+. The fraction of sp³-hybridized carbons (Fsp3) is 0.323. The van der Waals surface area contributed by atoms with E-state index in [4.69, 9.17) is 15.0 Å². The Hall–Kier alpha value is -3.58. The van der Waals surface area contributed by atoms with Crippen LogP contribution < -0.4 is 5.14 Å². The number of rotatable bonds is 10. The van der Waals surface area contributed by atoms with Crippen LogP contribution in [0.15, 0.2) is 52.7 Å². The SMILES string of the molecule is COC1CC=C(c2cc(-c3nn(-c4nc(C(=O)O)cs4)c(CC4CC4)c3Cc3ccc([SH+](N)=O)c(F)c3)ccc2F)CC1. The molecule has 2 atom stereocenters. The Morgan fingerprint density at radius 1 is 1.19 bits per heavy atom. The molecular weight excluding hydrogens is 594 g/mol. The fourth-order valence-electron chi connectivity index (χ4n) is 5.56. The minimum Gasteiger partial charge on any atom is -0.476 e. The second kappa shape index (κ2) is 12.2. The number of carboxylic acids is 1. The Bertz CT molecular complexity index is 1760. The van der Waals surface area contributed by atoms with Gasteiger partial charge in [-0.15, -0.1) is 16.5 Å². The van der Waals surface area contributed by atoms with E-state index in [9.17, 15) is 18.5 Å². The predicted octanol–water partition coefficient (Wildman–Crippen LogP) is 6.03. The van der Waals surface area contributed by atoms with E-state index in [-0.39, 0.29) is 28.9 Å². The Kier molecular flexibility index (Phi) is 8.36. The fourth-order valence-corrected chi connectivity index (χ4v) is 6.83. The number of aromatic nitrogens is 3. The van der Waals surface area contributed by atoms with Crippen LogP contribution in [0.5, 0.6) is 0 Å².